The minimum atomic E-state index is -0.0348. The molecule has 0 unspecified atom stereocenters. The highest BCUT2D eigenvalue weighted by Gasteiger charge is 2.34. The first kappa shape index (κ1) is 21.0. The van der Waals surface area contributed by atoms with Gasteiger partial charge in [0.15, 0.2) is 5.17 Å². The summed E-state index contributed by atoms with van der Waals surface area (Å²) in [5, 5.41) is 0.700. The van der Waals surface area contributed by atoms with Gasteiger partial charge < -0.3 is 9.47 Å². The number of nitrogens with zero attached hydrogens (tertiary/aromatic N) is 2. The van der Waals surface area contributed by atoms with Crippen LogP contribution in [0, 0.1) is 12.8 Å². The third-order valence-electron chi connectivity index (χ3n) is 4.42. The molecule has 1 aliphatic rings. The van der Waals surface area contributed by atoms with Crippen LogP contribution in [0.4, 0.5) is 5.69 Å². The van der Waals surface area contributed by atoms with Crippen molar-refractivity contribution in [3.05, 3.63) is 58.5 Å². The number of ether oxygens (including phenoxy) is 2. The van der Waals surface area contributed by atoms with Gasteiger partial charge in [-0.2, -0.15) is 0 Å². The maximum atomic E-state index is 13.1. The van der Waals surface area contributed by atoms with Gasteiger partial charge in [-0.15, -0.1) is 0 Å². The molecule has 0 bridgehead atoms. The predicted molar refractivity (Wildman–Crippen MR) is 120 cm³/mol. The summed E-state index contributed by atoms with van der Waals surface area (Å²) in [6.45, 7) is 6.85. The SMILES string of the molecule is COc1ccc(/C=C2/SC(=Nc3ccc(C)cc3)N(CC(C)C)C2=O)c(OC)c1. The van der Waals surface area contributed by atoms with Gasteiger partial charge in [-0.3, -0.25) is 9.69 Å². The summed E-state index contributed by atoms with van der Waals surface area (Å²) in [6, 6.07) is 13.5. The molecule has 1 aliphatic heterocycles. The Morgan fingerprint density at radius 3 is 2.45 bits per heavy atom. The van der Waals surface area contributed by atoms with Crippen molar-refractivity contribution in [2.75, 3.05) is 20.8 Å². The van der Waals surface area contributed by atoms with Gasteiger partial charge in [0.05, 0.1) is 24.8 Å². The van der Waals surface area contributed by atoms with Crippen LogP contribution in [0.1, 0.15) is 25.0 Å². The van der Waals surface area contributed by atoms with Gasteiger partial charge in [0.2, 0.25) is 0 Å². The number of methoxy groups -OCH3 is 2. The van der Waals surface area contributed by atoms with Crippen molar-refractivity contribution in [1.82, 2.24) is 4.90 Å². The number of amidine groups is 1. The normalized spacial score (nSPS) is 16.9. The largest absolute Gasteiger partial charge is 0.497 e. The molecule has 1 fully saturated rings. The van der Waals surface area contributed by atoms with E-state index in [0.29, 0.717) is 34.0 Å². The van der Waals surface area contributed by atoms with Crippen LogP contribution in [-0.4, -0.2) is 36.7 Å². The smallest absolute Gasteiger partial charge is 0.266 e. The van der Waals surface area contributed by atoms with E-state index < -0.39 is 0 Å². The van der Waals surface area contributed by atoms with Crippen molar-refractivity contribution in [2.24, 2.45) is 10.9 Å². The number of aryl methyl sites for hydroxylation is 1. The Morgan fingerprint density at radius 1 is 1.10 bits per heavy atom. The zero-order chi connectivity index (χ0) is 21.0. The van der Waals surface area contributed by atoms with Gasteiger partial charge in [-0.05, 0) is 54.9 Å². The summed E-state index contributed by atoms with van der Waals surface area (Å²) in [5.41, 5.74) is 2.84. The van der Waals surface area contributed by atoms with Crippen molar-refractivity contribution in [3.63, 3.8) is 0 Å². The van der Waals surface area contributed by atoms with Gasteiger partial charge in [0.25, 0.3) is 5.91 Å². The third kappa shape index (κ3) is 5.01. The van der Waals surface area contributed by atoms with Crippen LogP contribution >= 0.6 is 11.8 Å². The number of aliphatic imine (C=N–C) groups is 1. The Labute approximate surface area is 176 Å². The zero-order valence-corrected chi connectivity index (χ0v) is 18.2. The second kappa shape index (κ2) is 9.18. The van der Waals surface area contributed by atoms with Crippen LogP contribution < -0.4 is 9.47 Å². The van der Waals surface area contributed by atoms with E-state index in [0.717, 1.165) is 11.3 Å². The fraction of sp³-hybridized carbons (Fsp3) is 0.304. The Bertz CT molecular complexity index is 949. The Morgan fingerprint density at radius 2 is 1.83 bits per heavy atom. The number of hydrogen-bond donors (Lipinski definition) is 0. The molecule has 0 N–H and O–H groups in total. The van der Waals surface area contributed by atoms with Crippen molar-refractivity contribution >= 4 is 34.6 Å². The summed E-state index contributed by atoms with van der Waals surface area (Å²) in [5.74, 6) is 1.66. The molecule has 29 heavy (non-hydrogen) atoms. The molecule has 1 heterocycles. The average molecular weight is 411 g/mol. The average Bonchev–Trinajstić information content (AvgIpc) is 2.98. The summed E-state index contributed by atoms with van der Waals surface area (Å²) in [6.07, 6.45) is 1.86. The summed E-state index contributed by atoms with van der Waals surface area (Å²) < 4.78 is 10.7. The van der Waals surface area contributed by atoms with Gasteiger partial charge in [0, 0.05) is 18.2 Å². The van der Waals surface area contributed by atoms with E-state index in [1.54, 1.807) is 19.1 Å². The molecule has 0 aliphatic carbocycles. The molecule has 5 nitrogen and oxygen atoms in total. The van der Waals surface area contributed by atoms with Gasteiger partial charge in [-0.25, -0.2) is 4.99 Å². The molecule has 152 valence electrons. The molecular formula is C23H26N2O3S. The molecule has 0 saturated carbocycles. The first-order valence-corrected chi connectivity index (χ1v) is 10.3. The van der Waals surface area contributed by atoms with Crippen molar-refractivity contribution in [2.45, 2.75) is 20.8 Å². The van der Waals surface area contributed by atoms with Crippen molar-refractivity contribution < 1.29 is 14.3 Å². The number of amides is 1. The second-order valence-corrected chi connectivity index (χ2v) is 8.27. The predicted octanol–water partition coefficient (Wildman–Crippen LogP) is 5.27. The second-order valence-electron chi connectivity index (χ2n) is 7.26. The van der Waals surface area contributed by atoms with Crippen molar-refractivity contribution in [1.29, 1.82) is 0 Å². The van der Waals surface area contributed by atoms with E-state index in [2.05, 4.69) is 13.8 Å². The van der Waals surface area contributed by atoms with Crippen LogP contribution in [-0.2, 0) is 4.79 Å². The molecule has 0 spiro atoms. The molecule has 2 aromatic rings. The highest BCUT2D eigenvalue weighted by atomic mass is 32.2. The summed E-state index contributed by atoms with van der Waals surface area (Å²) >= 11 is 1.39. The first-order valence-electron chi connectivity index (χ1n) is 9.50. The Kier molecular flexibility index (Phi) is 6.64. The number of thioether (sulfide) groups is 1. The fourth-order valence-corrected chi connectivity index (χ4v) is 3.92. The van der Waals surface area contributed by atoms with Crippen LogP contribution in [0.25, 0.3) is 6.08 Å². The minimum absolute atomic E-state index is 0.0348. The van der Waals surface area contributed by atoms with Crippen LogP contribution in [0.3, 0.4) is 0 Å². The fourth-order valence-electron chi connectivity index (χ4n) is 2.93. The molecule has 1 amide bonds. The molecule has 1 saturated heterocycles. The first-order chi connectivity index (χ1) is 13.9. The summed E-state index contributed by atoms with van der Waals surface area (Å²) in [7, 11) is 3.22. The number of carbonyl (C=O) groups is 1. The molecule has 2 aromatic carbocycles. The molecule has 0 aromatic heterocycles. The summed E-state index contributed by atoms with van der Waals surface area (Å²) in [4.78, 5) is 20.2. The van der Waals surface area contributed by atoms with Crippen molar-refractivity contribution in [3.8, 4) is 11.5 Å². The lowest BCUT2D eigenvalue weighted by Crippen LogP contribution is -2.32. The van der Waals surface area contributed by atoms with E-state index >= 15 is 0 Å². The molecule has 6 heteroatoms. The van der Waals surface area contributed by atoms with Crippen LogP contribution in [0.2, 0.25) is 0 Å². The van der Waals surface area contributed by atoms with E-state index in [4.69, 9.17) is 14.5 Å². The number of benzene rings is 2. The highest BCUT2D eigenvalue weighted by molar-refractivity contribution is 8.18. The number of carbonyl (C=O) groups excluding carboxylic acids is 1. The lowest BCUT2D eigenvalue weighted by atomic mass is 10.1. The molecule has 3 rings (SSSR count). The van der Waals surface area contributed by atoms with Gasteiger partial charge >= 0.3 is 0 Å². The number of rotatable bonds is 6. The monoisotopic (exact) mass is 410 g/mol. The van der Waals surface area contributed by atoms with Gasteiger partial charge in [0.1, 0.15) is 11.5 Å². The molecule has 0 radical (unpaired) electrons. The lowest BCUT2D eigenvalue weighted by Gasteiger charge is -2.17. The number of hydrogen-bond acceptors (Lipinski definition) is 5. The molecule has 0 atom stereocenters. The van der Waals surface area contributed by atoms with E-state index in [1.807, 2.05) is 55.5 Å². The van der Waals surface area contributed by atoms with E-state index in [1.165, 1.54) is 17.3 Å². The lowest BCUT2D eigenvalue weighted by molar-refractivity contribution is -0.122. The highest BCUT2D eigenvalue weighted by Crippen LogP contribution is 2.36. The topological polar surface area (TPSA) is 51.1 Å². The maximum absolute atomic E-state index is 13.1. The Balaban J connectivity index is 1.97. The minimum Gasteiger partial charge on any atom is -0.497 e. The van der Waals surface area contributed by atoms with E-state index in [9.17, 15) is 4.79 Å². The van der Waals surface area contributed by atoms with Crippen LogP contribution in [0.5, 0.6) is 11.5 Å². The van der Waals surface area contributed by atoms with Gasteiger partial charge in [-0.1, -0.05) is 31.5 Å². The third-order valence-corrected chi connectivity index (χ3v) is 5.43. The standard InChI is InChI=1S/C23H26N2O3S/c1-15(2)14-25-22(26)21(12-17-8-11-19(27-4)13-20(17)28-5)29-23(25)24-18-9-6-16(3)7-10-18/h6-13,15H,14H2,1-5H3/b21-12+,24-23?. The zero-order valence-electron chi connectivity index (χ0n) is 17.4. The Hall–Kier alpha value is -2.73. The van der Waals surface area contributed by atoms with Crippen LogP contribution in [0.15, 0.2) is 52.4 Å². The maximum Gasteiger partial charge on any atom is 0.266 e. The van der Waals surface area contributed by atoms with E-state index in [-0.39, 0.29) is 5.91 Å². The quantitative estimate of drug-likeness (QED) is 0.609. The molecular weight excluding hydrogens is 384 g/mol.